The number of nitrogens with zero attached hydrogens (tertiary/aromatic N) is 4. The standard InChI is InChI=1S/C10H10N4/c1-7-11-9-10(13(7)2)14-6-4-3-5-8(14)12-9/h3-6H,1-2H3. The first-order chi connectivity index (χ1) is 6.77. The van der Waals surface area contributed by atoms with Crippen LogP contribution in [0.5, 0.6) is 0 Å². The summed E-state index contributed by atoms with van der Waals surface area (Å²) in [4.78, 5) is 8.81. The summed E-state index contributed by atoms with van der Waals surface area (Å²) in [6.45, 7) is 1.98. The molecule has 0 unspecified atom stereocenters. The third kappa shape index (κ3) is 0.775. The Bertz CT molecular complexity index is 617. The number of rotatable bonds is 0. The summed E-state index contributed by atoms with van der Waals surface area (Å²) in [7, 11) is 2.01. The second-order valence-corrected chi connectivity index (χ2v) is 3.41. The molecule has 0 radical (unpaired) electrons. The van der Waals surface area contributed by atoms with E-state index in [1.165, 1.54) is 0 Å². The van der Waals surface area contributed by atoms with E-state index in [1.807, 2.05) is 38.4 Å². The van der Waals surface area contributed by atoms with Crippen LogP contribution in [-0.2, 0) is 7.05 Å². The van der Waals surface area contributed by atoms with Gasteiger partial charge in [0.1, 0.15) is 11.5 Å². The van der Waals surface area contributed by atoms with Gasteiger partial charge in [0.25, 0.3) is 0 Å². The van der Waals surface area contributed by atoms with Crippen molar-refractivity contribution in [3.05, 3.63) is 30.2 Å². The first-order valence-corrected chi connectivity index (χ1v) is 4.53. The maximum atomic E-state index is 4.43. The Hall–Kier alpha value is -1.84. The van der Waals surface area contributed by atoms with Gasteiger partial charge in [-0.05, 0) is 19.1 Å². The number of pyridine rings is 1. The molecular weight excluding hydrogens is 176 g/mol. The van der Waals surface area contributed by atoms with Crippen molar-refractivity contribution in [1.82, 2.24) is 18.9 Å². The molecule has 0 saturated carbocycles. The molecule has 4 nitrogen and oxygen atoms in total. The molecule has 0 aliphatic rings. The van der Waals surface area contributed by atoms with Gasteiger partial charge in [-0.1, -0.05) is 6.07 Å². The maximum absolute atomic E-state index is 4.43. The second kappa shape index (κ2) is 2.35. The molecule has 3 aromatic rings. The molecule has 3 rings (SSSR count). The summed E-state index contributed by atoms with van der Waals surface area (Å²) in [5.74, 6) is 0.987. The van der Waals surface area contributed by atoms with Gasteiger partial charge >= 0.3 is 0 Å². The topological polar surface area (TPSA) is 35.1 Å². The van der Waals surface area contributed by atoms with Gasteiger partial charge in [-0.3, -0.25) is 4.40 Å². The van der Waals surface area contributed by atoms with Gasteiger partial charge in [0.15, 0.2) is 11.3 Å². The molecule has 3 heterocycles. The molecule has 3 aromatic heterocycles. The van der Waals surface area contributed by atoms with Crippen molar-refractivity contribution in [3.63, 3.8) is 0 Å². The molecule has 0 aliphatic heterocycles. The lowest BCUT2D eigenvalue weighted by atomic mass is 10.5. The summed E-state index contributed by atoms with van der Waals surface area (Å²) >= 11 is 0. The zero-order valence-electron chi connectivity index (χ0n) is 8.10. The maximum Gasteiger partial charge on any atom is 0.198 e. The lowest BCUT2D eigenvalue weighted by molar-refractivity contribution is 0.864. The molecule has 0 saturated heterocycles. The van der Waals surface area contributed by atoms with Crippen molar-refractivity contribution in [2.75, 3.05) is 0 Å². The number of imidazole rings is 2. The molecule has 0 amide bonds. The zero-order valence-corrected chi connectivity index (χ0v) is 8.10. The lowest BCUT2D eigenvalue weighted by Gasteiger charge is -1.97. The van der Waals surface area contributed by atoms with Crippen LogP contribution in [0.15, 0.2) is 24.4 Å². The van der Waals surface area contributed by atoms with Crippen LogP contribution in [0.2, 0.25) is 0 Å². The predicted octanol–water partition coefficient (Wildman–Crippen LogP) is 1.53. The van der Waals surface area contributed by atoms with E-state index in [0.29, 0.717) is 0 Å². The van der Waals surface area contributed by atoms with Gasteiger partial charge in [-0.2, -0.15) is 0 Å². The largest absolute Gasteiger partial charge is 0.316 e. The van der Waals surface area contributed by atoms with E-state index in [9.17, 15) is 0 Å². The quantitative estimate of drug-likeness (QED) is 0.533. The number of hydrogen-bond acceptors (Lipinski definition) is 2. The van der Waals surface area contributed by atoms with E-state index in [4.69, 9.17) is 0 Å². The Morgan fingerprint density at radius 1 is 1.21 bits per heavy atom. The van der Waals surface area contributed by atoms with E-state index in [-0.39, 0.29) is 0 Å². The van der Waals surface area contributed by atoms with Crippen LogP contribution >= 0.6 is 0 Å². The van der Waals surface area contributed by atoms with Crippen LogP contribution in [0.1, 0.15) is 5.82 Å². The third-order valence-electron chi connectivity index (χ3n) is 2.56. The van der Waals surface area contributed by atoms with Crippen LogP contribution in [0.3, 0.4) is 0 Å². The Labute approximate surface area is 80.8 Å². The molecule has 0 atom stereocenters. The molecule has 0 spiro atoms. The highest BCUT2D eigenvalue weighted by Crippen LogP contribution is 2.15. The first kappa shape index (κ1) is 7.55. The van der Waals surface area contributed by atoms with E-state index in [1.54, 1.807) is 0 Å². The number of fused-ring (bicyclic) bond motifs is 3. The summed E-state index contributed by atoms with van der Waals surface area (Å²) in [6, 6.07) is 5.96. The van der Waals surface area contributed by atoms with Crippen molar-refractivity contribution in [3.8, 4) is 0 Å². The van der Waals surface area contributed by atoms with Gasteiger partial charge in [0.05, 0.1) is 0 Å². The second-order valence-electron chi connectivity index (χ2n) is 3.41. The van der Waals surface area contributed by atoms with Crippen molar-refractivity contribution in [2.45, 2.75) is 6.92 Å². The average Bonchev–Trinajstić information content (AvgIpc) is 2.65. The van der Waals surface area contributed by atoms with Gasteiger partial charge in [0, 0.05) is 13.2 Å². The van der Waals surface area contributed by atoms with Crippen molar-refractivity contribution < 1.29 is 0 Å². The fraction of sp³-hybridized carbons (Fsp3) is 0.200. The third-order valence-corrected chi connectivity index (χ3v) is 2.56. The zero-order chi connectivity index (χ0) is 9.71. The molecule has 0 fully saturated rings. The monoisotopic (exact) mass is 186 g/mol. The van der Waals surface area contributed by atoms with Crippen LogP contribution in [0.25, 0.3) is 16.9 Å². The van der Waals surface area contributed by atoms with Gasteiger partial charge < -0.3 is 4.57 Å². The summed E-state index contributed by atoms with van der Waals surface area (Å²) < 4.78 is 4.10. The molecule has 0 bridgehead atoms. The minimum absolute atomic E-state index is 0.816. The molecular formula is C10H10N4. The highest BCUT2D eigenvalue weighted by molar-refractivity contribution is 5.74. The number of hydrogen-bond donors (Lipinski definition) is 0. The number of aromatic nitrogens is 4. The molecule has 14 heavy (non-hydrogen) atoms. The van der Waals surface area contributed by atoms with Crippen molar-refractivity contribution in [1.29, 1.82) is 0 Å². The highest BCUT2D eigenvalue weighted by atomic mass is 15.2. The molecule has 70 valence electrons. The van der Waals surface area contributed by atoms with Crippen molar-refractivity contribution in [2.24, 2.45) is 7.05 Å². The van der Waals surface area contributed by atoms with E-state index in [2.05, 4.69) is 18.9 Å². The Morgan fingerprint density at radius 2 is 2.07 bits per heavy atom. The van der Waals surface area contributed by atoms with Crippen molar-refractivity contribution >= 4 is 16.9 Å². The van der Waals surface area contributed by atoms with Gasteiger partial charge in [0.2, 0.25) is 0 Å². The van der Waals surface area contributed by atoms with E-state index in [0.717, 1.165) is 22.8 Å². The number of aryl methyl sites for hydroxylation is 2. The van der Waals surface area contributed by atoms with Crippen LogP contribution in [-0.4, -0.2) is 18.9 Å². The normalized spacial score (nSPS) is 11.6. The lowest BCUT2D eigenvalue weighted by Crippen LogP contribution is -1.95. The van der Waals surface area contributed by atoms with Gasteiger partial charge in [-0.25, -0.2) is 9.97 Å². The Kier molecular flexibility index (Phi) is 1.27. The first-order valence-electron chi connectivity index (χ1n) is 4.53. The minimum atomic E-state index is 0.816. The van der Waals surface area contributed by atoms with Gasteiger partial charge in [-0.15, -0.1) is 0 Å². The van der Waals surface area contributed by atoms with E-state index < -0.39 is 0 Å². The molecule has 0 aromatic carbocycles. The summed E-state index contributed by atoms with van der Waals surface area (Å²) in [5, 5.41) is 0. The fourth-order valence-corrected chi connectivity index (χ4v) is 1.74. The Morgan fingerprint density at radius 3 is 2.93 bits per heavy atom. The highest BCUT2D eigenvalue weighted by Gasteiger charge is 2.10. The predicted molar refractivity (Wildman–Crippen MR) is 54.2 cm³/mol. The fourth-order valence-electron chi connectivity index (χ4n) is 1.74. The van der Waals surface area contributed by atoms with Crippen LogP contribution < -0.4 is 0 Å². The Balaban J connectivity index is 2.62. The SMILES string of the molecule is Cc1nc2nc3ccccn3c2n1C. The molecule has 0 aliphatic carbocycles. The molecule has 0 N–H and O–H groups in total. The minimum Gasteiger partial charge on any atom is -0.316 e. The molecule has 4 heteroatoms. The summed E-state index contributed by atoms with van der Waals surface area (Å²) in [5.41, 5.74) is 2.81. The van der Waals surface area contributed by atoms with Crippen LogP contribution in [0, 0.1) is 6.92 Å². The average molecular weight is 186 g/mol. The smallest absolute Gasteiger partial charge is 0.198 e. The summed E-state index contributed by atoms with van der Waals surface area (Å²) in [6.07, 6.45) is 2.01. The van der Waals surface area contributed by atoms with Crippen LogP contribution in [0.4, 0.5) is 0 Å². The van der Waals surface area contributed by atoms with E-state index >= 15 is 0 Å².